The summed E-state index contributed by atoms with van der Waals surface area (Å²) in [6.45, 7) is 5.10. The molecule has 0 fully saturated rings. The number of carbonyl (C=O) groups excluding carboxylic acids is 1. The second-order valence-electron chi connectivity index (χ2n) is 3.79. The van der Waals surface area contributed by atoms with Crippen LogP contribution < -0.4 is 5.32 Å². The van der Waals surface area contributed by atoms with Crippen molar-refractivity contribution in [1.82, 2.24) is 10.2 Å². The molecule has 0 aliphatic carbocycles. The largest absolute Gasteiger partial charge is 0.385 e. The van der Waals surface area contributed by atoms with Gasteiger partial charge in [0.25, 0.3) is 0 Å². The summed E-state index contributed by atoms with van der Waals surface area (Å²) in [6, 6.07) is 0. The molecular formula is C11H24N2O2. The van der Waals surface area contributed by atoms with Crippen LogP contribution in [0.3, 0.4) is 0 Å². The molecule has 90 valence electrons. The predicted octanol–water partition coefficient (Wildman–Crippen LogP) is 0.871. The van der Waals surface area contributed by atoms with Gasteiger partial charge in [-0.2, -0.15) is 0 Å². The normalized spacial score (nSPS) is 10.7. The van der Waals surface area contributed by atoms with Crippen LogP contribution in [0.1, 0.15) is 26.2 Å². The van der Waals surface area contributed by atoms with Crippen LogP contribution in [0.25, 0.3) is 0 Å². The standard InChI is InChI=1S/C11H24N2O2/c1-4-8-13(2)10-11(14)12-7-5-6-9-15-3/h4-10H2,1-3H3,(H,12,14). The highest BCUT2D eigenvalue weighted by molar-refractivity contribution is 5.77. The van der Waals surface area contributed by atoms with Gasteiger partial charge in [-0.25, -0.2) is 0 Å². The molecule has 0 aromatic rings. The first kappa shape index (κ1) is 14.4. The molecule has 15 heavy (non-hydrogen) atoms. The Hall–Kier alpha value is -0.610. The molecule has 0 saturated carbocycles. The molecule has 1 amide bonds. The van der Waals surface area contributed by atoms with E-state index >= 15 is 0 Å². The number of amides is 1. The predicted molar refractivity (Wildman–Crippen MR) is 61.9 cm³/mol. The van der Waals surface area contributed by atoms with Crippen molar-refractivity contribution in [1.29, 1.82) is 0 Å². The van der Waals surface area contributed by atoms with Crippen molar-refractivity contribution in [2.45, 2.75) is 26.2 Å². The lowest BCUT2D eigenvalue weighted by Crippen LogP contribution is -2.35. The molecule has 4 nitrogen and oxygen atoms in total. The molecular weight excluding hydrogens is 192 g/mol. The third-order valence-electron chi connectivity index (χ3n) is 2.12. The van der Waals surface area contributed by atoms with Crippen LogP contribution in [0.2, 0.25) is 0 Å². The number of hydrogen-bond donors (Lipinski definition) is 1. The van der Waals surface area contributed by atoms with E-state index < -0.39 is 0 Å². The van der Waals surface area contributed by atoms with E-state index in [2.05, 4.69) is 12.2 Å². The van der Waals surface area contributed by atoms with E-state index in [1.807, 2.05) is 11.9 Å². The fraction of sp³-hybridized carbons (Fsp3) is 0.909. The number of carbonyl (C=O) groups is 1. The van der Waals surface area contributed by atoms with E-state index in [0.29, 0.717) is 6.54 Å². The summed E-state index contributed by atoms with van der Waals surface area (Å²) in [5.74, 6) is 0.114. The van der Waals surface area contributed by atoms with Gasteiger partial charge in [0.05, 0.1) is 6.54 Å². The van der Waals surface area contributed by atoms with Crippen molar-refractivity contribution >= 4 is 5.91 Å². The van der Waals surface area contributed by atoms with Crippen molar-refractivity contribution in [3.63, 3.8) is 0 Å². The first-order chi connectivity index (χ1) is 7.20. The fourth-order valence-electron chi connectivity index (χ4n) is 1.36. The van der Waals surface area contributed by atoms with Gasteiger partial charge in [0.2, 0.25) is 5.91 Å². The van der Waals surface area contributed by atoms with Gasteiger partial charge < -0.3 is 10.1 Å². The highest BCUT2D eigenvalue weighted by atomic mass is 16.5. The van der Waals surface area contributed by atoms with Crippen LogP contribution >= 0.6 is 0 Å². The summed E-state index contributed by atoms with van der Waals surface area (Å²) in [7, 11) is 3.66. The van der Waals surface area contributed by atoms with Gasteiger partial charge in [-0.05, 0) is 32.9 Å². The molecule has 0 aromatic heterocycles. The van der Waals surface area contributed by atoms with Crippen molar-refractivity contribution < 1.29 is 9.53 Å². The number of nitrogens with zero attached hydrogens (tertiary/aromatic N) is 1. The third kappa shape index (κ3) is 9.69. The maximum Gasteiger partial charge on any atom is 0.234 e. The molecule has 0 spiro atoms. The number of ether oxygens (including phenoxy) is 1. The zero-order valence-corrected chi connectivity index (χ0v) is 10.2. The lowest BCUT2D eigenvalue weighted by Gasteiger charge is -2.14. The first-order valence-corrected chi connectivity index (χ1v) is 5.64. The lowest BCUT2D eigenvalue weighted by atomic mass is 10.3. The Morgan fingerprint density at radius 3 is 2.73 bits per heavy atom. The molecule has 1 N–H and O–H groups in total. The molecule has 0 rings (SSSR count). The summed E-state index contributed by atoms with van der Waals surface area (Å²) < 4.78 is 4.92. The monoisotopic (exact) mass is 216 g/mol. The third-order valence-corrected chi connectivity index (χ3v) is 2.12. The van der Waals surface area contributed by atoms with Gasteiger partial charge >= 0.3 is 0 Å². The fourth-order valence-corrected chi connectivity index (χ4v) is 1.36. The van der Waals surface area contributed by atoms with E-state index in [4.69, 9.17) is 4.74 Å². The molecule has 0 aliphatic heterocycles. The highest BCUT2D eigenvalue weighted by Gasteiger charge is 2.03. The maximum atomic E-state index is 11.4. The minimum Gasteiger partial charge on any atom is -0.385 e. The number of hydrogen-bond acceptors (Lipinski definition) is 3. The smallest absolute Gasteiger partial charge is 0.234 e. The summed E-state index contributed by atoms with van der Waals surface area (Å²) in [5, 5.41) is 2.89. The Bertz CT molecular complexity index is 163. The Morgan fingerprint density at radius 2 is 2.13 bits per heavy atom. The molecule has 0 radical (unpaired) electrons. The van der Waals surface area contributed by atoms with Crippen molar-refractivity contribution in [2.75, 3.05) is 40.4 Å². The minimum absolute atomic E-state index is 0.114. The molecule has 0 bridgehead atoms. The molecule has 0 atom stereocenters. The summed E-state index contributed by atoms with van der Waals surface area (Å²) in [5.41, 5.74) is 0. The Kier molecular flexibility index (Phi) is 9.52. The lowest BCUT2D eigenvalue weighted by molar-refractivity contribution is -0.121. The van der Waals surface area contributed by atoms with E-state index in [9.17, 15) is 4.79 Å². The van der Waals surface area contributed by atoms with Gasteiger partial charge in [-0.15, -0.1) is 0 Å². The summed E-state index contributed by atoms with van der Waals surface area (Å²) in [6.07, 6.45) is 3.07. The number of rotatable bonds is 9. The quantitative estimate of drug-likeness (QED) is 0.582. The zero-order chi connectivity index (χ0) is 11.5. The van der Waals surface area contributed by atoms with Crippen LogP contribution in [0.4, 0.5) is 0 Å². The number of nitrogens with one attached hydrogen (secondary N) is 1. The topological polar surface area (TPSA) is 41.6 Å². The Balaban J connectivity index is 3.32. The van der Waals surface area contributed by atoms with Gasteiger partial charge in [-0.1, -0.05) is 6.92 Å². The summed E-state index contributed by atoms with van der Waals surface area (Å²) in [4.78, 5) is 13.4. The molecule has 0 aromatic carbocycles. The van der Waals surface area contributed by atoms with E-state index in [1.54, 1.807) is 7.11 Å². The molecule has 0 unspecified atom stereocenters. The average molecular weight is 216 g/mol. The molecule has 0 saturated heterocycles. The molecule has 0 aliphatic rings. The first-order valence-electron chi connectivity index (χ1n) is 5.64. The van der Waals surface area contributed by atoms with E-state index in [0.717, 1.165) is 39.0 Å². The number of methoxy groups -OCH3 is 1. The maximum absolute atomic E-state index is 11.4. The summed E-state index contributed by atoms with van der Waals surface area (Å²) >= 11 is 0. The van der Waals surface area contributed by atoms with Crippen molar-refractivity contribution in [3.8, 4) is 0 Å². The van der Waals surface area contributed by atoms with E-state index in [-0.39, 0.29) is 5.91 Å². The SMILES string of the molecule is CCCN(C)CC(=O)NCCCCOC. The zero-order valence-electron chi connectivity index (χ0n) is 10.2. The highest BCUT2D eigenvalue weighted by Crippen LogP contribution is 1.88. The van der Waals surface area contributed by atoms with E-state index in [1.165, 1.54) is 0 Å². The van der Waals surface area contributed by atoms with Crippen molar-refractivity contribution in [3.05, 3.63) is 0 Å². The average Bonchev–Trinajstić information content (AvgIpc) is 2.17. The number of likely N-dealkylation sites (N-methyl/N-ethyl adjacent to an activating group) is 1. The van der Waals surface area contributed by atoms with Crippen LogP contribution in [0.15, 0.2) is 0 Å². The Labute approximate surface area is 93.0 Å². The second kappa shape index (κ2) is 9.93. The van der Waals surface area contributed by atoms with Gasteiger partial charge in [0.1, 0.15) is 0 Å². The van der Waals surface area contributed by atoms with Crippen LogP contribution in [-0.4, -0.2) is 51.2 Å². The Morgan fingerprint density at radius 1 is 1.40 bits per heavy atom. The van der Waals surface area contributed by atoms with Crippen LogP contribution in [0, 0.1) is 0 Å². The minimum atomic E-state index is 0.114. The van der Waals surface area contributed by atoms with Crippen LogP contribution in [0.5, 0.6) is 0 Å². The van der Waals surface area contributed by atoms with Crippen LogP contribution in [-0.2, 0) is 9.53 Å². The molecule has 4 heteroatoms. The van der Waals surface area contributed by atoms with Gasteiger partial charge in [-0.3, -0.25) is 9.69 Å². The van der Waals surface area contributed by atoms with Gasteiger partial charge in [0, 0.05) is 20.3 Å². The number of unbranched alkanes of at least 4 members (excludes halogenated alkanes) is 1. The molecule has 0 heterocycles. The second-order valence-corrected chi connectivity index (χ2v) is 3.79. The van der Waals surface area contributed by atoms with Gasteiger partial charge in [0.15, 0.2) is 0 Å². The van der Waals surface area contributed by atoms with Crippen molar-refractivity contribution in [2.24, 2.45) is 0 Å².